The third kappa shape index (κ3) is 3.50. The first-order chi connectivity index (χ1) is 12.1. The van der Waals surface area contributed by atoms with Crippen molar-refractivity contribution in [2.75, 3.05) is 6.54 Å². The lowest BCUT2D eigenvalue weighted by atomic mass is 10.1. The number of nitro groups is 1. The van der Waals surface area contributed by atoms with Crippen LogP contribution in [0.4, 0.5) is 5.69 Å². The highest BCUT2D eigenvalue weighted by Gasteiger charge is 2.17. The molecule has 0 saturated heterocycles. The molecule has 0 radical (unpaired) electrons. The van der Waals surface area contributed by atoms with E-state index < -0.39 is 4.92 Å². The van der Waals surface area contributed by atoms with Gasteiger partial charge in [-0.15, -0.1) is 0 Å². The van der Waals surface area contributed by atoms with E-state index in [1.54, 1.807) is 19.3 Å². The van der Waals surface area contributed by atoms with Gasteiger partial charge in [0.15, 0.2) is 0 Å². The number of nitro benzene ring substituents is 1. The SMILES string of the molecule is Cc1c(C(=O)NCCCn2cnc3ccccc32)cccc1[N+](=O)[O-]. The Labute approximate surface area is 144 Å². The van der Waals surface area contributed by atoms with Gasteiger partial charge in [0.05, 0.1) is 22.3 Å². The number of imidazole rings is 1. The Hall–Kier alpha value is -3.22. The normalized spacial score (nSPS) is 10.8. The predicted octanol–water partition coefficient (Wildman–Crippen LogP) is 3.07. The van der Waals surface area contributed by atoms with Gasteiger partial charge in [-0.05, 0) is 31.5 Å². The number of aryl methyl sites for hydroxylation is 1. The van der Waals surface area contributed by atoms with Crippen LogP contribution in [0.25, 0.3) is 11.0 Å². The van der Waals surface area contributed by atoms with E-state index in [9.17, 15) is 14.9 Å². The molecule has 1 N–H and O–H groups in total. The Morgan fingerprint density at radius 2 is 2.04 bits per heavy atom. The molecule has 128 valence electrons. The Morgan fingerprint density at radius 1 is 1.24 bits per heavy atom. The van der Waals surface area contributed by atoms with Gasteiger partial charge in [-0.3, -0.25) is 14.9 Å². The zero-order valence-corrected chi connectivity index (χ0v) is 13.8. The minimum absolute atomic E-state index is 0.0439. The highest BCUT2D eigenvalue weighted by molar-refractivity contribution is 5.96. The van der Waals surface area contributed by atoms with Crippen molar-refractivity contribution in [2.24, 2.45) is 0 Å². The maximum Gasteiger partial charge on any atom is 0.273 e. The summed E-state index contributed by atoms with van der Waals surface area (Å²) < 4.78 is 2.04. The molecule has 0 aliphatic carbocycles. The number of carbonyl (C=O) groups excluding carboxylic acids is 1. The summed E-state index contributed by atoms with van der Waals surface area (Å²) in [5.74, 6) is -0.295. The quantitative estimate of drug-likeness (QED) is 0.425. The zero-order valence-electron chi connectivity index (χ0n) is 13.8. The molecule has 7 nitrogen and oxygen atoms in total. The third-order valence-electron chi connectivity index (χ3n) is 4.14. The van der Waals surface area contributed by atoms with Gasteiger partial charge in [-0.1, -0.05) is 18.2 Å². The first-order valence-corrected chi connectivity index (χ1v) is 8.00. The largest absolute Gasteiger partial charge is 0.352 e. The Morgan fingerprint density at radius 3 is 2.84 bits per heavy atom. The van der Waals surface area contributed by atoms with E-state index in [1.165, 1.54) is 12.1 Å². The lowest BCUT2D eigenvalue weighted by Crippen LogP contribution is -2.26. The molecule has 1 aromatic heterocycles. The molecule has 0 spiro atoms. The summed E-state index contributed by atoms with van der Waals surface area (Å²) in [6.45, 7) is 2.80. The Balaban J connectivity index is 1.58. The fourth-order valence-corrected chi connectivity index (χ4v) is 2.80. The number of hydrogen-bond acceptors (Lipinski definition) is 4. The second-order valence-electron chi connectivity index (χ2n) is 5.74. The van der Waals surface area contributed by atoms with Gasteiger partial charge in [0.25, 0.3) is 11.6 Å². The summed E-state index contributed by atoms with van der Waals surface area (Å²) in [7, 11) is 0. The van der Waals surface area contributed by atoms with Crippen LogP contribution in [-0.2, 0) is 6.54 Å². The number of hydrogen-bond donors (Lipinski definition) is 1. The number of fused-ring (bicyclic) bond motifs is 1. The van der Waals surface area contributed by atoms with Gasteiger partial charge in [0.2, 0.25) is 0 Å². The highest BCUT2D eigenvalue weighted by atomic mass is 16.6. The van der Waals surface area contributed by atoms with Crippen molar-refractivity contribution in [1.29, 1.82) is 0 Å². The first-order valence-electron chi connectivity index (χ1n) is 8.00. The molecule has 7 heteroatoms. The minimum atomic E-state index is -0.476. The summed E-state index contributed by atoms with van der Waals surface area (Å²) in [5, 5.41) is 13.8. The van der Waals surface area contributed by atoms with Crippen LogP contribution in [0.2, 0.25) is 0 Å². The van der Waals surface area contributed by atoms with E-state index in [4.69, 9.17) is 0 Å². The topological polar surface area (TPSA) is 90.1 Å². The van der Waals surface area contributed by atoms with Gasteiger partial charge >= 0.3 is 0 Å². The van der Waals surface area contributed by atoms with Gasteiger partial charge < -0.3 is 9.88 Å². The molecule has 0 fully saturated rings. The summed E-state index contributed by atoms with van der Waals surface area (Å²) in [4.78, 5) is 27.1. The molecular formula is C18H18N4O3. The average Bonchev–Trinajstić information content (AvgIpc) is 3.01. The van der Waals surface area contributed by atoms with E-state index in [0.717, 1.165) is 24.0 Å². The summed E-state index contributed by atoms with van der Waals surface area (Å²) in [6, 6.07) is 12.4. The average molecular weight is 338 g/mol. The number of aromatic nitrogens is 2. The maximum atomic E-state index is 12.3. The van der Waals surface area contributed by atoms with Crippen molar-refractivity contribution in [2.45, 2.75) is 19.9 Å². The Bertz CT molecular complexity index is 933. The van der Waals surface area contributed by atoms with Crippen molar-refractivity contribution in [3.05, 3.63) is 70.0 Å². The number of benzene rings is 2. The van der Waals surface area contributed by atoms with Gasteiger partial charge in [-0.25, -0.2) is 4.98 Å². The van der Waals surface area contributed by atoms with E-state index in [-0.39, 0.29) is 11.6 Å². The first kappa shape index (κ1) is 16.6. The lowest BCUT2D eigenvalue weighted by molar-refractivity contribution is -0.385. The molecule has 1 amide bonds. The second kappa shape index (κ2) is 7.12. The van der Waals surface area contributed by atoms with Crippen LogP contribution < -0.4 is 5.32 Å². The molecule has 0 atom stereocenters. The summed E-state index contributed by atoms with van der Waals surface area (Å²) in [6.07, 6.45) is 2.53. The monoisotopic (exact) mass is 338 g/mol. The van der Waals surface area contributed by atoms with Crippen molar-refractivity contribution in [1.82, 2.24) is 14.9 Å². The molecule has 3 aromatic rings. The number of amides is 1. The van der Waals surface area contributed by atoms with Crippen LogP contribution in [0.5, 0.6) is 0 Å². The molecule has 0 saturated carbocycles. The van der Waals surface area contributed by atoms with Crippen molar-refractivity contribution in [3.8, 4) is 0 Å². The summed E-state index contributed by atoms with van der Waals surface area (Å²) >= 11 is 0. The van der Waals surface area contributed by atoms with Crippen LogP contribution in [0.15, 0.2) is 48.8 Å². The number of carbonyl (C=O) groups is 1. The highest BCUT2D eigenvalue weighted by Crippen LogP contribution is 2.20. The van der Waals surface area contributed by atoms with Crippen molar-refractivity contribution >= 4 is 22.6 Å². The van der Waals surface area contributed by atoms with Crippen LogP contribution >= 0.6 is 0 Å². The fraction of sp³-hybridized carbons (Fsp3) is 0.222. The zero-order chi connectivity index (χ0) is 17.8. The van der Waals surface area contributed by atoms with E-state index in [0.29, 0.717) is 17.7 Å². The van der Waals surface area contributed by atoms with E-state index >= 15 is 0 Å². The smallest absolute Gasteiger partial charge is 0.273 e. The molecular weight excluding hydrogens is 320 g/mol. The molecule has 0 bridgehead atoms. The Kier molecular flexibility index (Phi) is 4.74. The van der Waals surface area contributed by atoms with Crippen LogP contribution in [-0.4, -0.2) is 26.9 Å². The molecule has 0 aliphatic rings. The van der Waals surface area contributed by atoms with Crippen molar-refractivity contribution < 1.29 is 9.72 Å². The molecule has 0 aliphatic heterocycles. The fourth-order valence-electron chi connectivity index (χ4n) is 2.80. The molecule has 3 rings (SSSR count). The van der Waals surface area contributed by atoms with E-state index in [1.807, 2.05) is 28.8 Å². The third-order valence-corrected chi connectivity index (χ3v) is 4.14. The predicted molar refractivity (Wildman–Crippen MR) is 94.5 cm³/mol. The number of para-hydroxylation sites is 2. The minimum Gasteiger partial charge on any atom is -0.352 e. The molecule has 2 aromatic carbocycles. The summed E-state index contributed by atoms with van der Waals surface area (Å²) in [5.41, 5.74) is 2.67. The second-order valence-corrected chi connectivity index (χ2v) is 5.74. The molecule has 0 unspecified atom stereocenters. The van der Waals surface area contributed by atoms with Crippen molar-refractivity contribution in [3.63, 3.8) is 0 Å². The lowest BCUT2D eigenvalue weighted by Gasteiger charge is -2.08. The number of rotatable bonds is 6. The van der Waals surface area contributed by atoms with Gasteiger partial charge in [0.1, 0.15) is 0 Å². The number of nitrogens with zero attached hydrogens (tertiary/aromatic N) is 3. The van der Waals surface area contributed by atoms with Crippen LogP contribution in [0, 0.1) is 17.0 Å². The standard InChI is InChI=1S/C18H18N4O3/c1-13-14(6-4-9-16(13)22(24)25)18(23)19-10-5-11-21-12-20-15-7-2-3-8-17(15)21/h2-4,6-9,12H,5,10-11H2,1H3,(H,19,23). The van der Waals surface area contributed by atoms with Gasteiger partial charge in [-0.2, -0.15) is 0 Å². The molecule has 1 heterocycles. The maximum absolute atomic E-state index is 12.3. The molecule has 25 heavy (non-hydrogen) atoms. The van der Waals surface area contributed by atoms with Gasteiger partial charge in [0, 0.05) is 30.3 Å². The number of nitrogens with one attached hydrogen (secondary N) is 1. The van der Waals surface area contributed by atoms with Crippen LogP contribution in [0.1, 0.15) is 22.3 Å². The van der Waals surface area contributed by atoms with E-state index in [2.05, 4.69) is 10.3 Å². The van der Waals surface area contributed by atoms with Crippen LogP contribution in [0.3, 0.4) is 0 Å².